The molecule has 1 aromatic rings. The SMILES string of the molecule is COCCN1C[C@@H](N)[C@H](c2cccc(F)c2)C1. The second-order valence-corrected chi connectivity index (χ2v) is 4.58. The number of rotatable bonds is 4. The number of benzene rings is 1. The van der Waals surface area contributed by atoms with Crippen molar-refractivity contribution in [3.05, 3.63) is 35.6 Å². The van der Waals surface area contributed by atoms with E-state index in [9.17, 15) is 4.39 Å². The van der Waals surface area contributed by atoms with E-state index in [1.807, 2.05) is 6.07 Å². The fourth-order valence-corrected chi connectivity index (χ4v) is 2.41. The van der Waals surface area contributed by atoms with Crippen LogP contribution in [0.1, 0.15) is 11.5 Å². The Hall–Kier alpha value is -0.970. The van der Waals surface area contributed by atoms with Crippen molar-refractivity contribution in [1.82, 2.24) is 4.90 Å². The molecule has 2 N–H and O–H groups in total. The van der Waals surface area contributed by atoms with Crippen LogP contribution in [-0.4, -0.2) is 44.3 Å². The molecule has 2 rings (SSSR count). The molecule has 0 bridgehead atoms. The van der Waals surface area contributed by atoms with Gasteiger partial charge in [-0.05, 0) is 17.7 Å². The first-order valence-electron chi connectivity index (χ1n) is 5.93. The number of ether oxygens (including phenoxy) is 1. The highest BCUT2D eigenvalue weighted by Gasteiger charge is 2.30. The van der Waals surface area contributed by atoms with E-state index >= 15 is 0 Å². The zero-order valence-corrected chi connectivity index (χ0v) is 10.1. The predicted molar refractivity (Wildman–Crippen MR) is 65.4 cm³/mol. The summed E-state index contributed by atoms with van der Waals surface area (Å²) in [6, 6.07) is 6.83. The average molecular weight is 238 g/mol. The van der Waals surface area contributed by atoms with Gasteiger partial charge in [-0.2, -0.15) is 0 Å². The second-order valence-electron chi connectivity index (χ2n) is 4.58. The van der Waals surface area contributed by atoms with Crippen LogP contribution in [-0.2, 0) is 4.74 Å². The van der Waals surface area contributed by atoms with Crippen LogP contribution in [0.4, 0.5) is 4.39 Å². The third kappa shape index (κ3) is 3.03. The summed E-state index contributed by atoms with van der Waals surface area (Å²) < 4.78 is 18.2. The highest BCUT2D eigenvalue weighted by Crippen LogP contribution is 2.26. The Bertz CT molecular complexity index is 372. The average Bonchev–Trinajstić information content (AvgIpc) is 2.68. The first kappa shape index (κ1) is 12.5. The first-order valence-corrected chi connectivity index (χ1v) is 5.93. The molecule has 0 spiro atoms. The normalized spacial score (nSPS) is 25.4. The molecule has 0 amide bonds. The van der Waals surface area contributed by atoms with Crippen molar-refractivity contribution in [3.63, 3.8) is 0 Å². The maximum atomic E-state index is 13.2. The molecule has 0 aromatic heterocycles. The molecular weight excluding hydrogens is 219 g/mol. The number of nitrogens with two attached hydrogens (primary N) is 1. The lowest BCUT2D eigenvalue weighted by Crippen LogP contribution is -2.30. The van der Waals surface area contributed by atoms with E-state index in [1.54, 1.807) is 19.2 Å². The zero-order valence-electron chi connectivity index (χ0n) is 10.1. The van der Waals surface area contributed by atoms with Crippen molar-refractivity contribution < 1.29 is 9.13 Å². The van der Waals surface area contributed by atoms with E-state index in [4.69, 9.17) is 10.5 Å². The lowest BCUT2D eigenvalue weighted by atomic mass is 9.95. The summed E-state index contributed by atoms with van der Waals surface area (Å²) in [4.78, 5) is 2.27. The Labute approximate surface area is 101 Å². The van der Waals surface area contributed by atoms with E-state index < -0.39 is 0 Å². The van der Waals surface area contributed by atoms with Gasteiger partial charge in [0.15, 0.2) is 0 Å². The summed E-state index contributed by atoms with van der Waals surface area (Å²) in [6.07, 6.45) is 0. The highest BCUT2D eigenvalue weighted by molar-refractivity contribution is 5.24. The van der Waals surface area contributed by atoms with Gasteiger partial charge in [0.25, 0.3) is 0 Å². The van der Waals surface area contributed by atoms with Gasteiger partial charge < -0.3 is 10.5 Å². The van der Waals surface area contributed by atoms with Crippen molar-refractivity contribution in [2.75, 3.05) is 33.4 Å². The summed E-state index contributed by atoms with van der Waals surface area (Å²) >= 11 is 0. The summed E-state index contributed by atoms with van der Waals surface area (Å²) in [6.45, 7) is 3.33. The standard InChI is InChI=1S/C13H19FN2O/c1-17-6-5-16-8-12(13(15)9-16)10-3-2-4-11(14)7-10/h2-4,7,12-13H,5-6,8-9,15H2,1H3/t12-,13+/m0/s1. The second kappa shape index (κ2) is 5.58. The third-order valence-electron chi connectivity index (χ3n) is 3.33. The van der Waals surface area contributed by atoms with Crippen LogP contribution in [0.15, 0.2) is 24.3 Å². The molecule has 1 aliphatic rings. The first-order chi connectivity index (χ1) is 8.20. The van der Waals surface area contributed by atoms with Crippen LogP contribution in [0.3, 0.4) is 0 Å². The number of methoxy groups -OCH3 is 1. The van der Waals surface area contributed by atoms with Gasteiger partial charge in [0, 0.05) is 38.7 Å². The molecule has 0 radical (unpaired) electrons. The Balaban J connectivity index is 2.02. The predicted octanol–water partition coefficient (Wildman–Crippen LogP) is 1.20. The molecule has 1 heterocycles. The van der Waals surface area contributed by atoms with Gasteiger partial charge >= 0.3 is 0 Å². The van der Waals surface area contributed by atoms with Crippen molar-refractivity contribution >= 4 is 0 Å². The van der Waals surface area contributed by atoms with Crippen LogP contribution >= 0.6 is 0 Å². The molecular formula is C13H19FN2O. The molecule has 1 aromatic carbocycles. The topological polar surface area (TPSA) is 38.5 Å². The van der Waals surface area contributed by atoms with Crippen LogP contribution in [0.5, 0.6) is 0 Å². The fraction of sp³-hybridized carbons (Fsp3) is 0.538. The van der Waals surface area contributed by atoms with Crippen molar-refractivity contribution in [2.24, 2.45) is 5.73 Å². The Morgan fingerprint density at radius 3 is 3.00 bits per heavy atom. The van der Waals surface area contributed by atoms with Crippen LogP contribution in [0.25, 0.3) is 0 Å². The number of hydrogen-bond donors (Lipinski definition) is 1. The number of nitrogens with zero attached hydrogens (tertiary/aromatic N) is 1. The van der Waals surface area contributed by atoms with Crippen molar-refractivity contribution in [2.45, 2.75) is 12.0 Å². The Kier molecular flexibility index (Phi) is 4.10. The molecule has 0 saturated carbocycles. The lowest BCUT2D eigenvalue weighted by Gasteiger charge is -2.15. The van der Waals surface area contributed by atoms with E-state index in [0.717, 1.165) is 25.2 Å². The van der Waals surface area contributed by atoms with E-state index in [1.165, 1.54) is 6.07 Å². The molecule has 1 saturated heterocycles. The van der Waals surface area contributed by atoms with Crippen molar-refractivity contribution in [3.8, 4) is 0 Å². The van der Waals surface area contributed by atoms with Crippen LogP contribution in [0, 0.1) is 5.82 Å². The van der Waals surface area contributed by atoms with Gasteiger partial charge in [-0.25, -0.2) is 4.39 Å². The summed E-state index contributed by atoms with van der Waals surface area (Å²) in [5, 5.41) is 0. The van der Waals surface area contributed by atoms with Gasteiger partial charge in [0.1, 0.15) is 5.82 Å². The van der Waals surface area contributed by atoms with Gasteiger partial charge in [-0.15, -0.1) is 0 Å². The number of halogens is 1. The van der Waals surface area contributed by atoms with Gasteiger partial charge in [0.2, 0.25) is 0 Å². The molecule has 0 unspecified atom stereocenters. The van der Waals surface area contributed by atoms with Crippen LogP contribution in [0.2, 0.25) is 0 Å². The minimum absolute atomic E-state index is 0.0775. The maximum Gasteiger partial charge on any atom is 0.123 e. The highest BCUT2D eigenvalue weighted by atomic mass is 19.1. The minimum Gasteiger partial charge on any atom is -0.383 e. The molecule has 4 heteroatoms. The quantitative estimate of drug-likeness (QED) is 0.856. The molecule has 3 nitrogen and oxygen atoms in total. The van der Waals surface area contributed by atoms with E-state index in [2.05, 4.69) is 4.90 Å². The molecule has 1 fully saturated rings. The monoisotopic (exact) mass is 238 g/mol. The molecule has 17 heavy (non-hydrogen) atoms. The minimum atomic E-state index is -0.190. The summed E-state index contributed by atoms with van der Waals surface area (Å²) in [5.41, 5.74) is 7.12. The summed E-state index contributed by atoms with van der Waals surface area (Å²) in [7, 11) is 1.69. The molecule has 2 atom stereocenters. The Morgan fingerprint density at radius 2 is 2.29 bits per heavy atom. The van der Waals surface area contributed by atoms with Gasteiger partial charge in [-0.3, -0.25) is 4.90 Å². The third-order valence-corrected chi connectivity index (χ3v) is 3.33. The van der Waals surface area contributed by atoms with E-state index in [0.29, 0.717) is 6.61 Å². The molecule has 0 aliphatic carbocycles. The maximum absolute atomic E-state index is 13.2. The zero-order chi connectivity index (χ0) is 12.3. The van der Waals surface area contributed by atoms with Crippen LogP contribution < -0.4 is 5.73 Å². The van der Waals surface area contributed by atoms with Gasteiger partial charge in [-0.1, -0.05) is 12.1 Å². The smallest absolute Gasteiger partial charge is 0.123 e. The largest absolute Gasteiger partial charge is 0.383 e. The lowest BCUT2D eigenvalue weighted by molar-refractivity contribution is 0.160. The van der Waals surface area contributed by atoms with Gasteiger partial charge in [0.05, 0.1) is 6.61 Å². The van der Waals surface area contributed by atoms with Crippen molar-refractivity contribution in [1.29, 1.82) is 0 Å². The molecule has 1 aliphatic heterocycles. The Morgan fingerprint density at radius 1 is 1.47 bits per heavy atom. The fourth-order valence-electron chi connectivity index (χ4n) is 2.41. The molecule has 94 valence electrons. The van der Waals surface area contributed by atoms with E-state index in [-0.39, 0.29) is 17.8 Å². The number of likely N-dealkylation sites (tertiary alicyclic amines) is 1. The number of hydrogen-bond acceptors (Lipinski definition) is 3. The summed E-state index contributed by atoms with van der Waals surface area (Å²) in [5.74, 6) is 0.0348.